The number of fused-ring (bicyclic) bond motifs is 1. The van der Waals surface area contributed by atoms with E-state index in [1.54, 1.807) is 12.7 Å². The third kappa shape index (κ3) is 10.2. The molecule has 0 bridgehead atoms. The van der Waals surface area contributed by atoms with Crippen LogP contribution in [0, 0.1) is 5.92 Å². The highest BCUT2D eigenvalue weighted by Crippen LogP contribution is 2.19. The first-order chi connectivity index (χ1) is 17.3. The second-order valence-corrected chi connectivity index (χ2v) is 7.61. The zero-order chi connectivity index (χ0) is 27.6. The van der Waals surface area contributed by atoms with Gasteiger partial charge in [-0.2, -0.15) is 31.4 Å². The third-order valence-electron chi connectivity index (χ3n) is 4.69. The lowest BCUT2D eigenvalue weighted by atomic mass is 10.1. The molecule has 0 saturated heterocycles. The van der Waals surface area contributed by atoms with Gasteiger partial charge in [-0.15, -0.1) is 0 Å². The predicted octanol–water partition coefficient (Wildman–Crippen LogP) is 2.47. The highest BCUT2D eigenvalue weighted by molar-refractivity contribution is 5.73. The van der Waals surface area contributed by atoms with Crippen molar-refractivity contribution in [1.29, 1.82) is 0 Å². The molecule has 3 aromatic rings. The average Bonchev–Trinajstić information content (AvgIpc) is 3.43. The first kappa shape index (κ1) is 29.2. The Morgan fingerprint density at radius 3 is 2.05 bits per heavy atom. The van der Waals surface area contributed by atoms with Crippen LogP contribution in [0.3, 0.4) is 0 Å². The van der Waals surface area contributed by atoms with Crippen molar-refractivity contribution < 1.29 is 46.1 Å². The van der Waals surface area contributed by atoms with Crippen LogP contribution in [0.1, 0.15) is 11.4 Å². The largest absolute Gasteiger partial charge is 0.490 e. The molecule has 1 unspecified atom stereocenters. The topological polar surface area (TPSA) is 139 Å². The van der Waals surface area contributed by atoms with E-state index in [4.69, 9.17) is 19.8 Å². The molecule has 37 heavy (non-hydrogen) atoms. The lowest BCUT2D eigenvalue weighted by molar-refractivity contribution is -0.193. The Kier molecular flexibility index (Phi) is 10.1. The summed E-state index contributed by atoms with van der Waals surface area (Å²) in [6, 6.07) is 4.15. The lowest BCUT2D eigenvalue weighted by Gasteiger charge is -2.23. The third-order valence-corrected chi connectivity index (χ3v) is 4.69. The van der Waals surface area contributed by atoms with Crippen molar-refractivity contribution in [2.75, 3.05) is 6.54 Å². The minimum absolute atomic E-state index is 0.467. The molecule has 4 heterocycles. The smallest absolute Gasteiger partial charge is 0.475 e. The van der Waals surface area contributed by atoms with Gasteiger partial charge in [0.2, 0.25) is 0 Å². The van der Waals surface area contributed by atoms with Crippen molar-refractivity contribution in [3.05, 3.63) is 61.0 Å². The SMILES string of the molecule is O=C(O)C(F)(F)F.O=C(O)C(F)(F)F.c1cc(CN2Cc3nccn3CC(Cn3cncn3)C2)ccn1. The second-order valence-electron chi connectivity index (χ2n) is 7.61. The highest BCUT2D eigenvalue weighted by Gasteiger charge is 2.38. The number of alkyl halides is 6. The predicted molar refractivity (Wildman–Crippen MR) is 111 cm³/mol. The maximum atomic E-state index is 10.6. The van der Waals surface area contributed by atoms with Crippen LogP contribution in [-0.2, 0) is 35.8 Å². The summed E-state index contributed by atoms with van der Waals surface area (Å²) in [6.07, 6.45) is 0.862. The van der Waals surface area contributed by atoms with E-state index in [1.165, 1.54) is 5.56 Å². The van der Waals surface area contributed by atoms with Gasteiger partial charge in [-0.3, -0.25) is 14.6 Å². The number of aliphatic carboxylic acids is 2. The fourth-order valence-corrected chi connectivity index (χ4v) is 3.20. The minimum Gasteiger partial charge on any atom is -0.475 e. The standard InChI is InChI=1S/C16H19N7.2C2HF3O2/c1-3-17-4-2-14(1)7-21-8-15(10-23-13-18-12-20-23)9-22-6-5-19-16(22)11-21;2*3-2(4,5)1(6)7/h1-6,12-13,15H,7-11H2;2*(H,6,7). The summed E-state index contributed by atoms with van der Waals surface area (Å²) < 4.78 is 67.6. The van der Waals surface area contributed by atoms with Crippen LogP contribution in [0.4, 0.5) is 26.3 Å². The molecule has 0 aliphatic carbocycles. The van der Waals surface area contributed by atoms with E-state index >= 15 is 0 Å². The zero-order valence-corrected chi connectivity index (χ0v) is 18.8. The number of hydrogen-bond donors (Lipinski definition) is 2. The van der Waals surface area contributed by atoms with Gasteiger partial charge in [-0.05, 0) is 17.7 Å². The van der Waals surface area contributed by atoms with Crippen molar-refractivity contribution in [2.24, 2.45) is 5.92 Å². The maximum Gasteiger partial charge on any atom is 0.490 e. The fraction of sp³-hybridized carbons (Fsp3) is 0.400. The zero-order valence-electron chi connectivity index (χ0n) is 18.8. The Morgan fingerprint density at radius 1 is 0.946 bits per heavy atom. The number of hydrogen-bond acceptors (Lipinski definition) is 7. The fourth-order valence-electron chi connectivity index (χ4n) is 3.20. The summed E-state index contributed by atoms with van der Waals surface area (Å²) in [7, 11) is 0. The molecule has 4 rings (SSSR count). The van der Waals surface area contributed by atoms with Crippen LogP contribution in [0.5, 0.6) is 0 Å². The molecule has 0 spiro atoms. The van der Waals surface area contributed by atoms with Crippen LogP contribution < -0.4 is 0 Å². The molecule has 202 valence electrons. The van der Waals surface area contributed by atoms with Crippen molar-refractivity contribution in [2.45, 2.75) is 38.5 Å². The summed E-state index contributed by atoms with van der Waals surface area (Å²) in [6.45, 7) is 4.60. The van der Waals surface area contributed by atoms with Crippen molar-refractivity contribution in [3.8, 4) is 0 Å². The van der Waals surface area contributed by atoms with E-state index in [0.29, 0.717) is 5.92 Å². The summed E-state index contributed by atoms with van der Waals surface area (Å²) in [5.74, 6) is -3.92. The van der Waals surface area contributed by atoms with Gasteiger partial charge < -0.3 is 14.8 Å². The minimum atomic E-state index is -5.08. The number of nitrogens with zero attached hydrogens (tertiary/aromatic N) is 7. The average molecular weight is 537 g/mol. The van der Waals surface area contributed by atoms with Gasteiger partial charge in [0.1, 0.15) is 18.5 Å². The molecule has 0 saturated carbocycles. The van der Waals surface area contributed by atoms with Gasteiger partial charge in [0.25, 0.3) is 0 Å². The van der Waals surface area contributed by atoms with Gasteiger partial charge in [-0.1, -0.05) is 0 Å². The highest BCUT2D eigenvalue weighted by atomic mass is 19.4. The number of carbonyl (C=O) groups is 2. The quantitative estimate of drug-likeness (QED) is 0.481. The summed E-state index contributed by atoms with van der Waals surface area (Å²) in [4.78, 5) is 32.9. The Bertz CT molecular complexity index is 1100. The molecular weight excluding hydrogens is 516 g/mol. The molecule has 1 atom stereocenters. The molecule has 1 aliphatic rings. The van der Waals surface area contributed by atoms with Crippen LogP contribution in [0.15, 0.2) is 49.6 Å². The van der Waals surface area contributed by atoms with Gasteiger partial charge in [0.15, 0.2) is 0 Å². The molecular formula is C20H21F6N7O4. The van der Waals surface area contributed by atoms with Gasteiger partial charge in [0.05, 0.1) is 6.54 Å². The van der Waals surface area contributed by atoms with Crippen molar-refractivity contribution in [1.82, 2.24) is 34.2 Å². The van der Waals surface area contributed by atoms with Gasteiger partial charge >= 0.3 is 24.3 Å². The van der Waals surface area contributed by atoms with E-state index in [2.05, 4.69) is 47.8 Å². The Morgan fingerprint density at radius 2 is 1.54 bits per heavy atom. The molecule has 0 amide bonds. The summed E-state index contributed by atoms with van der Waals surface area (Å²) in [5, 5.41) is 18.5. The maximum absolute atomic E-state index is 10.6. The number of aromatic nitrogens is 6. The Balaban J connectivity index is 0.000000286. The molecule has 2 N–H and O–H groups in total. The van der Waals surface area contributed by atoms with E-state index in [1.807, 2.05) is 23.3 Å². The van der Waals surface area contributed by atoms with Crippen LogP contribution in [0.2, 0.25) is 0 Å². The number of halogens is 6. The monoisotopic (exact) mass is 537 g/mol. The van der Waals surface area contributed by atoms with E-state index in [9.17, 15) is 26.3 Å². The van der Waals surface area contributed by atoms with E-state index < -0.39 is 24.3 Å². The van der Waals surface area contributed by atoms with E-state index in [-0.39, 0.29) is 0 Å². The van der Waals surface area contributed by atoms with E-state index in [0.717, 1.165) is 38.5 Å². The number of imidazole rings is 1. The van der Waals surface area contributed by atoms with Crippen LogP contribution in [0.25, 0.3) is 0 Å². The molecule has 0 aromatic carbocycles. The summed E-state index contributed by atoms with van der Waals surface area (Å²) >= 11 is 0. The van der Waals surface area contributed by atoms with Gasteiger partial charge in [-0.25, -0.2) is 19.6 Å². The van der Waals surface area contributed by atoms with Crippen molar-refractivity contribution >= 4 is 11.9 Å². The molecule has 11 nitrogen and oxygen atoms in total. The lowest BCUT2D eigenvalue weighted by Crippen LogP contribution is -2.30. The second kappa shape index (κ2) is 12.8. The van der Waals surface area contributed by atoms with Crippen molar-refractivity contribution in [3.63, 3.8) is 0 Å². The molecule has 1 aliphatic heterocycles. The first-order valence-corrected chi connectivity index (χ1v) is 10.3. The Hall–Kier alpha value is -4.02. The number of carboxylic acid groups (broad SMARTS) is 2. The molecule has 17 heteroatoms. The summed E-state index contributed by atoms with van der Waals surface area (Å²) in [5.41, 5.74) is 1.28. The number of carboxylic acids is 2. The normalized spacial score (nSPS) is 15.8. The molecule has 0 radical (unpaired) electrons. The Labute approximate surface area is 205 Å². The molecule has 3 aromatic heterocycles. The van der Waals surface area contributed by atoms with Crippen LogP contribution >= 0.6 is 0 Å². The van der Waals surface area contributed by atoms with Gasteiger partial charge in [0, 0.05) is 56.9 Å². The molecule has 0 fully saturated rings. The number of rotatable bonds is 4. The number of pyridine rings is 1. The van der Waals surface area contributed by atoms with Crippen LogP contribution in [-0.4, -0.2) is 75.2 Å². The first-order valence-electron chi connectivity index (χ1n) is 10.3.